The summed E-state index contributed by atoms with van der Waals surface area (Å²) in [5.74, 6) is 1.29. The quantitative estimate of drug-likeness (QED) is 0.377. The molecule has 6 nitrogen and oxygen atoms in total. The summed E-state index contributed by atoms with van der Waals surface area (Å²) in [6.07, 6.45) is 1.95. The third kappa shape index (κ3) is 6.29. The van der Waals surface area contributed by atoms with Crippen LogP contribution < -0.4 is 15.5 Å². The van der Waals surface area contributed by atoms with E-state index in [0.29, 0.717) is 29.7 Å². The Morgan fingerprint density at radius 2 is 2.07 bits per heavy atom. The molecule has 8 heteroatoms. The minimum atomic E-state index is -0.388. The summed E-state index contributed by atoms with van der Waals surface area (Å²) in [6.45, 7) is 4.16. The first-order valence-electron chi connectivity index (χ1n) is 9.43. The molecular weight excluding hydrogens is 482 g/mol. The first-order valence-corrected chi connectivity index (χ1v) is 9.43. The number of nitriles is 1. The number of nitrogens with zero attached hydrogens (tertiary/aromatic N) is 4. The van der Waals surface area contributed by atoms with E-state index in [1.165, 1.54) is 6.07 Å². The van der Waals surface area contributed by atoms with Crippen LogP contribution in [0.5, 0.6) is 0 Å². The molecule has 154 valence electrons. The van der Waals surface area contributed by atoms with Gasteiger partial charge in [-0.1, -0.05) is 12.1 Å². The van der Waals surface area contributed by atoms with Crippen molar-refractivity contribution >= 4 is 35.8 Å². The second-order valence-electron chi connectivity index (χ2n) is 6.89. The zero-order valence-electron chi connectivity index (χ0n) is 16.7. The molecule has 2 N–H and O–H groups in total. The minimum absolute atomic E-state index is 0. The van der Waals surface area contributed by atoms with E-state index in [0.717, 1.165) is 37.4 Å². The number of nitrogens with one attached hydrogen (secondary N) is 2. The standard InChI is InChI=1S/C21H25FN6.HI/c1-15-4-3-5-20(26-15)28-10-8-18(9-11-28)27-21(24-2)25-14-17-7-6-16(13-23)12-19(17)22;/h3-7,12,18H,8-11,14H2,1-2H3,(H2,24,25,27);1H. The summed E-state index contributed by atoms with van der Waals surface area (Å²) in [6, 6.07) is 12.8. The van der Waals surface area contributed by atoms with E-state index in [-0.39, 0.29) is 29.8 Å². The van der Waals surface area contributed by atoms with Crippen LogP contribution >= 0.6 is 24.0 Å². The lowest BCUT2D eigenvalue weighted by Gasteiger charge is -2.34. The zero-order chi connectivity index (χ0) is 19.9. The van der Waals surface area contributed by atoms with Gasteiger partial charge in [0.25, 0.3) is 0 Å². The van der Waals surface area contributed by atoms with Gasteiger partial charge in [-0.2, -0.15) is 5.26 Å². The van der Waals surface area contributed by atoms with E-state index >= 15 is 0 Å². The summed E-state index contributed by atoms with van der Waals surface area (Å²) in [5.41, 5.74) is 1.85. The third-order valence-electron chi connectivity index (χ3n) is 4.89. The molecule has 1 aromatic heterocycles. The number of rotatable bonds is 4. The molecule has 1 aliphatic rings. The summed E-state index contributed by atoms with van der Waals surface area (Å²) in [4.78, 5) is 11.1. The van der Waals surface area contributed by atoms with Gasteiger partial charge in [0.05, 0.1) is 11.6 Å². The van der Waals surface area contributed by atoms with Gasteiger partial charge in [0.2, 0.25) is 0 Å². The molecule has 0 atom stereocenters. The maximum atomic E-state index is 14.0. The number of aliphatic imine (C=N–C) groups is 1. The van der Waals surface area contributed by atoms with Crippen molar-refractivity contribution in [3.63, 3.8) is 0 Å². The number of hydrogen-bond acceptors (Lipinski definition) is 4. The largest absolute Gasteiger partial charge is 0.356 e. The maximum absolute atomic E-state index is 14.0. The molecule has 0 radical (unpaired) electrons. The van der Waals surface area contributed by atoms with Crippen molar-refractivity contribution in [3.05, 3.63) is 59.0 Å². The van der Waals surface area contributed by atoms with Crippen molar-refractivity contribution in [1.29, 1.82) is 5.26 Å². The highest BCUT2D eigenvalue weighted by molar-refractivity contribution is 14.0. The Labute approximate surface area is 188 Å². The number of piperidine rings is 1. The highest BCUT2D eigenvalue weighted by atomic mass is 127. The Balaban J connectivity index is 0.00000300. The van der Waals surface area contributed by atoms with Gasteiger partial charge in [0, 0.05) is 44.0 Å². The zero-order valence-corrected chi connectivity index (χ0v) is 19.0. The van der Waals surface area contributed by atoms with Crippen LogP contribution in [0.15, 0.2) is 41.4 Å². The van der Waals surface area contributed by atoms with Gasteiger partial charge in [-0.25, -0.2) is 9.37 Å². The highest BCUT2D eigenvalue weighted by Crippen LogP contribution is 2.18. The number of anilines is 1. The Bertz CT molecular complexity index is 887. The van der Waals surface area contributed by atoms with Crippen molar-refractivity contribution in [3.8, 4) is 6.07 Å². The molecule has 0 spiro atoms. The SMILES string of the molecule is CN=C(NCc1ccc(C#N)cc1F)NC1CCN(c2cccc(C)n2)CC1.I. The monoisotopic (exact) mass is 508 g/mol. The van der Waals surface area contributed by atoms with Crippen LogP contribution in [0.1, 0.15) is 29.7 Å². The molecule has 0 aliphatic carbocycles. The highest BCUT2D eigenvalue weighted by Gasteiger charge is 2.21. The molecule has 1 saturated heterocycles. The number of aromatic nitrogens is 1. The van der Waals surface area contributed by atoms with E-state index in [4.69, 9.17) is 5.26 Å². The summed E-state index contributed by atoms with van der Waals surface area (Å²) < 4.78 is 14.0. The van der Waals surface area contributed by atoms with Gasteiger partial charge in [0.15, 0.2) is 5.96 Å². The summed E-state index contributed by atoms with van der Waals surface area (Å²) in [7, 11) is 1.70. The molecule has 2 heterocycles. The second kappa shape index (κ2) is 11.0. The van der Waals surface area contributed by atoms with Crippen molar-refractivity contribution < 1.29 is 4.39 Å². The molecule has 1 aliphatic heterocycles. The van der Waals surface area contributed by atoms with Gasteiger partial charge >= 0.3 is 0 Å². The maximum Gasteiger partial charge on any atom is 0.191 e. The van der Waals surface area contributed by atoms with Crippen LogP contribution in [0.25, 0.3) is 0 Å². The Morgan fingerprint density at radius 3 is 2.69 bits per heavy atom. The van der Waals surface area contributed by atoms with E-state index < -0.39 is 0 Å². The van der Waals surface area contributed by atoms with Crippen LogP contribution in [0, 0.1) is 24.1 Å². The number of aryl methyl sites for hydroxylation is 1. The fourth-order valence-corrected chi connectivity index (χ4v) is 3.28. The Hall–Kier alpha value is -2.41. The van der Waals surface area contributed by atoms with Gasteiger partial charge in [-0.05, 0) is 44.0 Å². The third-order valence-corrected chi connectivity index (χ3v) is 4.89. The van der Waals surface area contributed by atoms with Crippen LogP contribution in [0.4, 0.5) is 10.2 Å². The predicted octanol–water partition coefficient (Wildman–Crippen LogP) is 3.35. The lowest BCUT2D eigenvalue weighted by Crippen LogP contribution is -2.48. The molecule has 1 fully saturated rings. The van der Waals surface area contributed by atoms with Crippen molar-refractivity contribution in [2.75, 3.05) is 25.0 Å². The molecule has 0 amide bonds. The lowest BCUT2D eigenvalue weighted by atomic mass is 10.1. The molecule has 1 aromatic carbocycles. The molecule has 0 saturated carbocycles. The number of benzene rings is 1. The topological polar surface area (TPSA) is 76.3 Å². The van der Waals surface area contributed by atoms with E-state index in [1.807, 2.05) is 31.2 Å². The first kappa shape index (κ1) is 22.9. The van der Waals surface area contributed by atoms with Crippen LogP contribution in [-0.4, -0.2) is 37.1 Å². The number of hydrogen-bond donors (Lipinski definition) is 2. The fraction of sp³-hybridized carbons (Fsp3) is 0.381. The van der Waals surface area contributed by atoms with Crippen molar-refractivity contribution in [2.45, 2.75) is 32.4 Å². The molecule has 0 bridgehead atoms. The molecule has 0 unspecified atom stereocenters. The van der Waals surface area contributed by atoms with Gasteiger partial charge in [0.1, 0.15) is 11.6 Å². The number of guanidine groups is 1. The van der Waals surface area contributed by atoms with Crippen LogP contribution in [0.2, 0.25) is 0 Å². The predicted molar refractivity (Wildman–Crippen MR) is 124 cm³/mol. The first-order chi connectivity index (χ1) is 13.6. The Morgan fingerprint density at radius 1 is 1.31 bits per heavy atom. The van der Waals surface area contributed by atoms with E-state index in [1.54, 1.807) is 19.2 Å². The normalized spacial score (nSPS) is 14.7. The smallest absolute Gasteiger partial charge is 0.191 e. The van der Waals surface area contributed by atoms with Crippen LogP contribution in [0.3, 0.4) is 0 Å². The van der Waals surface area contributed by atoms with Crippen molar-refractivity contribution in [1.82, 2.24) is 15.6 Å². The number of pyridine rings is 1. The average Bonchev–Trinajstić information content (AvgIpc) is 2.72. The molecule has 3 rings (SSSR count). The van der Waals surface area contributed by atoms with E-state index in [2.05, 4.69) is 25.5 Å². The molecular formula is C21H26FIN6. The van der Waals surface area contributed by atoms with Gasteiger partial charge in [-0.15, -0.1) is 24.0 Å². The molecule has 2 aromatic rings. The van der Waals surface area contributed by atoms with Gasteiger partial charge < -0.3 is 15.5 Å². The van der Waals surface area contributed by atoms with E-state index in [9.17, 15) is 4.39 Å². The van der Waals surface area contributed by atoms with Crippen LogP contribution in [-0.2, 0) is 6.54 Å². The van der Waals surface area contributed by atoms with Crippen molar-refractivity contribution in [2.24, 2.45) is 4.99 Å². The molecule has 29 heavy (non-hydrogen) atoms. The second-order valence-corrected chi connectivity index (χ2v) is 6.89. The van der Waals surface area contributed by atoms with Gasteiger partial charge in [-0.3, -0.25) is 4.99 Å². The fourth-order valence-electron chi connectivity index (χ4n) is 3.28. The Kier molecular flexibility index (Phi) is 8.64. The number of halogens is 2. The summed E-state index contributed by atoms with van der Waals surface area (Å²) in [5, 5.41) is 15.4. The summed E-state index contributed by atoms with van der Waals surface area (Å²) >= 11 is 0. The average molecular weight is 508 g/mol. The minimum Gasteiger partial charge on any atom is -0.356 e. The lowest BCUT2D eigenvalue weighted by molar-refractivity contribution is 0.459.